The van der Waals surface area contributed by atoms with Crippen LogP contribution in [-0.4, -0.2) is 4.98 Å². The van der Waals surface area contributed by atoms with Gasteiger partial charge in [-0.2, -0.15) is 0 Å². The highest BCUT2D eigenvalue weighted by atomic mass is 35.5. The monoisotopic (exact) mass is 154 g/mol. The van der Waals surface area contributed by atoms with Gasteiger partial charge in [-0.15, -0.1) is 0 Å². The second-order valence-electron chi connectivity index (χ2n) is 1.61. The molecule has 0 aromatic carbocycles. The van der Waals surface area contributed by atoms with Crippen LogP contribution in [0, 0.1) is 18.8 Å². The summed E-state index contributed by atoms with van der Waals surface area (Å²) in [5.41, 5.74) is 1.02. The fourth-order valence-corrected chi connectivity index (χ4v) is 0.586. The van der Waals surface area contributed by atoms with E-state index in [1.54, 1.807) is 6.20 Å². The van der Waals surface area contributed by atoms with Crippen molar-refractivity contribution in [1.82, 2.24) is 4.98 Å². The van der Waals surface area contributed by atoms with Crippen molar-refractivity contribution in [2.45, 2.75) is 6.92 Å². The fourth-order valence-electron chi connectivity index (χ4n) is 0.466. The molecular formula is C7H7ClN2. The minimum absolute atomic E-state index is 0.590. The Labute approximate surface area is 65.1 Å². The summed E-state index contributed by atoms with van der Waals surface area (Å²) in [5.74, 6) is 0. The lowest BCUT2D eigenvalue weighted by Crippen LogP contribution is -1.75. The third-order valence-corrected chi connectivity index (χ3v) is 1.34. The standard InChI is InChI=1S/C6H6ClN.CHN/c1-5-3-2-4-8-6(5)7;1-2/h2-4H,1H3;1H. The van der Waals surface area contributed by atoms with E-state index in [0.29, 0.717) is 5.15 Å². The van der Waals surface area contributed by atoms with Gasteiger partial charge in [0.2, 0.25) is 0 Å². The second-order valence-corrected chi connectivity index (χ2v) is 1.97. The van der Waals surface area contributed by atoms with E-state index < -0.39 is 0 Å². The minimum atomic E-state index is 0.590. The van der Waals surface area contributed by atoms with Gasteiger partial charge < -0.3 is 0 Å². The molecule has 1 aromatic heterocycles. The second kappa shape index (κ2) is 4.78. The predicted octanol–water partition coefficient (Wildman–Crippen LogP) is 2.18. The van der Waals surface area contributed by atoms with Gasteiger partial charge in [0.1, 0.15) is 5.15 Å². The van der Waals surface area contributed by atoms with Crippen molar-refractivity contribution in [2.24, 2.45) is 0 Å². The Kier molecular flexibility index (Phi) is 4.26. The first-order valence-corrected chi connectivity index (χ1v) is 3.01. The van der Waals surface area contributed by atoms with Crippen molar-refractivity contribution in [1.29, 1.82) is 5.26 Å². The van der Waals surface area contributed by atoms with Crippen LogP contribution in [0.15, 0.2) is 18.3 Å². The van der Waals surface area contributed by atoms with E-state index in [4.69, 9.17) is 16.9 Å². The van der Waals surface area contributed by atoms with E-state index in [1.165, 1.54) is 0 Å². The molecule has 3 heteroatoms. The summed E-state index contributed by atoms with van der Waals surface area (Å²) in [5, 5.41) is 7.09. The number of hydrogen-bond acceptors (Lipinski definition) is 2. The van der Waals surface area contributed by atoms with Gasteiger partial charge in [0.05, 0.1) is 0 Å². The van der Waals surface area contributed by atoms with Crippen LogP contribution >= 0.6 is 11.6 Å². The van der Waals surface area contributed by atoms with E-state index in [0.717, 1.165) is 5.56 Å². The molecule has 0 atom stereocenters. The average molecular weight is 155 g/mol. The first-order chi connectivity index (χ1) is 4.80. The molecule has 0 fully saturated rings. The van der Waals surface area contributed by atoms with E-state index in [1.807, 2.05) is 19.1 Å². The smallest absolute Gasteiger partial charge is 0.131 e. The van der Waals surface area contributed by atoms with Crippen LogP contribution in [0.5, 0.6) is 0 Å². The Bertz CT molecular complexity index is 199. The molecule has 1 heterocycles. The molecule has 10 heavy (non-hydrogen) atoms. The molecule has 1 rings (SSSR count). The third kappa shape index (κ3) is 2.47. The molecule has 0 aliphatic heterocycles. The Hall–Kier alpha value is -1.07. The van der Waals surface area contributed by atoms with Crippen LogP contribution in [0.1, 0.15) is 5.56 Å². The molecule has 0 N–H and O–H groups in total. The topological polar surface area (TPSA) is 36.7 Å². The molecule has 0 radical (unpaired) electrons. The van der Waals surface area contributed by atoms with Crippen LogP contribution in [0.25, 0.3) is 0 Å². The van der Waals surface area contributed by atoms with Gasteiger partial charge in [-0.25, -0.2) is 10.2 Å². The molecular weight excluding hydrogens is 148 g/mol. The molecule has 0 saturated heterocycles. The highest BCUT2D eigenvalue weighted by Gasteiger charge is 1.88. The van der Waals surface area contributed by atoms with E-state index in [2.05, 4.69) is 11.6 Å². The van der Waals surface area contributed by atoms with Crippen LogP contribution in [0.2, 0.25) is 5.15 Å². The van der Waals surface area contributed by atoms with Gasteiger partial charge in [-0.1, -0.05) is 17.7 Å². The molecule has 2 nitrogen and oxygen atoms in total. The molecule has 0 aliphatic rings. The van der Waals surface area contributed by atoms with Crippen molar-refractivity contribution in [3.63, 3.8) is 0 Å². The summed E-state index contributed by atoms with van der Waals surface area (Å²) in [7, 11) is 0. The number of rotatable bonds is 0. The molecule has 0 unspecified atom stereocenters. The van der Waals surface area contributed by atoms with Crippen molar-refractivity contribution in [3.05, 3.63) is 29.0 Å². The van der Waals surface area contributed by atoms with E-state index in [-0.39, 0.29) is 0 Å². The lowest BCUT2D eigenvalue weighted by atomic mass is 10.3. The van der Waals surface area contributed by atoms with Gasteiger partial charge in [0, 0.05) is 12.8 Å². The average Bonchev–Trinajstić information content (AvgIpc) is 2.00. The SMILES string of the molecule is C#N.Cc1cccnc1Cl. The molecule has 0 saturated carbocycles. The van der Waals surface area contributed by atoms with Crippen LogP contribution in [-0.2, 0) is 0 Å². The Morgan fingerprint density at radius 1 is 1.60 bits per heavy atom. The van der Waals surface area contributed by atoms with Crippen molar-refractivity contribution in [2.75, 3.05) is 0 Å². The van der Waals surface area contributed by atoms with Crippen LogP contribution < -0.4 is 0 Å². The maximum atomic E-state index is 6.50. The maximum absolute atomic E-state index is 6.50. The van der Waals surface area contributed by atoms with E-state index >= 15 is 0 Å². The Balaban J connectivity index is 0.000000371. The predicted molar refractivity (Wildman–Crippen MR) is 40.7 cm³/mol. The summed E-state index contributed by atoms with van der Waals surface area (Å²) in [6.45, 7) is 5.43. The van der Waals surface area contributed by atoms with Gasteiger partial charge in [-0.3, -0.25) is 0 Å². The summed E-state index contributed by atoms with van der Waals surface area (Å²) in [4.78, 5) is 3.84. The van der Waals surface area contributed by atoms with Crippen LogP contribution in [0.3, 0.4) is 0 Å². The van der Waals surface area contributed by atoms with Crippen molar-refractivity contribution in [3.8, 4) is 6.57 Å². The molecule has 0 bridgehead atoms. The molecule has 0 spiro atoms. The first-order valence-electron chi connectivity index (χ1n) is 2.63. The Morgan fingerprint density at radius 2 is 2.20 bits per heavy atom. The van der Waals surface area contributed by atoms with Gasteiger partial charge in [0.15, 0.2) is 0 Å². The van der Waals surface area contributed by atoms with Crippen LogP contribution in [0.4, 0.5) is 0 Å². The minimum Gasteiger partial charge on any atom is -0.244 e. The molecule has 52 valence electrons. The summed E-state index contributed by atoms with van der Waals surface area (Å²) < 4.78 is 0. The number of halogens is 1. The zero-order chi connectivity index (χ0) is 7.98. The lowest BCUT2D eigenvalue weighted by molar-refractivity contribution is 1.27. The first kappa shape index (κ1) is 8.93. The maximum Gasteiger partial charge on any atom is 0.131 e. The van der Waals surface area contributed by atoms with Gasteiger partial charge in [-0.05, 0) is 18.6 Å². The number of nitrogens with zero attached hydrogens (tertiary/aromatic N) is 2. The van der Waals surface area contributed by atoms with Crippen molar-refractivity contribution < 1.29 is 0 Å². The molecule has 1 aromatic rings. The zero-order valence-electron chi connectivity index (χ0n) is 5.58. The molecule has 0 aliphatic carbocycles. The van der Waals surface area contributed by atoms with E-state index in [9.17, 15) is 0 Å². The highest BCUT2D eigenvalue weighted by molar-refractivity contribution is 6.30. The van der Waals surface area contributed by atoms with Gasteiger partial charge >= 0.3 is 0 Å². The van der Waals surface area contributed by atoms with Gasteiger partial charge in [0.25, 0.3) is 0 Å². The highest BCUT2D eigenvalue weighted by Crippen LogP contribution is 2.07. The number of aryl methyl sites for hydroxylation is 1. The number of hydrogen-bond donors (Lipinski definition) is 0. The largest absolute Gasteiger partial charge is 0.244 e. The fraction of sp³-hybridized carbons (Fsp3) is 0.143. The number of pyridine rings is 1. The number of aromatic nitrogens is 1. The summed E-state index contributed by atoms with van der Waals surface area (Å²) in [6, 6.07) is 3.79. The summed E-state index contributed by atoms with van der Waals surface area (Å²) >= 11 is 5.60. The summed E-state index contributed by atoms with van der Waals surface area (Å²) in [6.07, 6.45) is 1.68. The van der Waals surface area contributed by atoms with Crippen molar-refractivity contribution >= 4 is 11.6 Å². The number of nitriles is 1. The normalized spacial score (nSPS) is 7.60. The third-order valence-electron chi connectivity index (χ3n) is 0.946. The molecule has 0 amide bonds. The zero-order valence-corrected chi connectivity index (χ0v) is 6.34. The quantitative estimate of drug-likeness (QED) is 0.537. The lowest BCUT2D eigenvalue weighted by Gasteiger charge is -1.89. The Morgan fingerprint density at radius 3 is 2.50 bits per heavy atom.